The highest BCUT2D eigenvalue weighted by atomic mass is 16.5. The fraction of sp³-hybridized carbons (Fsp3) is 0.412. The summed E-state index contributed by atoms with van der Waals surface area (Å²) in [5, 5.41) is 0. The van der Waals surface area contributed by atoms with Gasteiger partial charge in [-0.1, -0.05) is 12.1 Å². The Morgan fingerprint density at radius 1 is 1.00 bits per heavy atom. The van der Waals surface area contributed by atoms with Crippen LogP contribution in [0.25, 0.3) is 0 Å². The number of rotatable bonds is 3. The predicted octanol–water partition coefficient (Wildman–Crippen LogP) is 3.93. The third kappa shape index (κ3) is 2.40. The van der Waals surface area contributed by atoms with Crippen LogP contribution in [0.4, 0.5) is 0 Å². The fourth-order valence-electron chi connectivity index (χ4n) is 2.62. The minimum Gasteiger partial charge on any atom is -0.493 e. The zero-order valence-electron chi connectivity index (χ0n) is 13.2. The number of hydrogen-bond acceptors (Lipinski definition) is 3. The van der Waals surface area contributed by atoms with Crippen LogP contribution in [0.15, 0.2) is 41.2 Å². The zero-order chi connectivity index (χ0) is 14.9. The minimum atomic E-state index is 0.297. The van der Waals surface area contributed by atoms with Crippen LogP contribution in [0.3, 0.4) is 0 Å². The van der Waals surface area contributed by atoms with Crippen LogP contribution in [0.5, 0.6) is 11.5 Å². The van der Waals surface area contributed by atoms with E-state index in [0.29, 0.717) is 5.92 Å². The van der Waals surface area contributed by atoms with Crippen LogP contribution in [0, 0.1) is 0 Å². The Labute approximate surface area is 121 Å². The molecule has 1 aromatic carbocycles. The summed E-state index contributed by atoms with van der Waals surface area (Å²) < 4.78 is 10.7. The largest absolute Gasteiger partial charge is 0.493 e. The summed E-state index contributed by atoms with van der Waals surface area (Å²) in [5.41, 5.74) is 5.18. The number of benzene rings is 1. The Balaban J connectivity index is 2.46. The average Bonchev–Trinajstić information content (AvgIpc) is 2.48. The van der Waals surface area contributed by atoms with Crippen molar-refractivity contribution in [1.82, 2.24) is 4.90 Å². The highest BCUT2D eigenvalue weighted by Crippen LogP contribution is 2.38. The maximum Gasteiger partial charge on any atom is 0.161 e. The van der Waals surface area contributed by atoms with Gasteiger partial charge in [-0.05, 0) is 44.0 Å². The van der Waals surface area contributed by atoms with Crippen molar-refractivity contribution in [2.75, 3.05) is 21.3 Å². The standard InChI is InChI=1S/C17H23NO2/c1-11-9-15(12(2)13(3)18(11)4)14-7-8-16(19-5)17(10-14)20-6/h7-10,15H,1-6H3. The summed E-state index contributed by atoms with van der Waals surface area (Å²) in [5.74, 6) is 1.84. The summed E-state index contributed by atoms with van der Waals surface area (Å²) in [6.07, 6.45) is 2.30. The Morgan fingerprint density at radius 3 is 2.25 bits per heavy atom. The Morgan fingerprint density at radius 2 is 1.65 bits per heavy atom. The molecule has 2 rings (SSSR count). The fourth-order valence-corrected chi connectivity index (χ4v) is 2.62. The van der Waals surface area contributed by atoms with Crippen LogP contribution >= 0.6 is 0 Å². The molecule has 0 aromatic heterocycles. The quantitative estimate of drug-likeness (QED) is 0.833. The van der Waals surface area contributed by atoms with Crippen LogP contribution in [-0.4, -0.2) is 26.2 Å². The number of hydrogen-bond donors (Lipinski definition) is 0. The molecule has 108 valence electrons. The van der Waals surface area contributed by atoms with Gasteiger partial charge in [0.05, 0.1) is 14.2 Å². The van der Waals surface area contributed by atoms with E-state index in [1.807, 2.05) is 6.07 Å². The summed E-state index contributed by atoms with van der Waals surface area (Å²) in [7, 11) is 5.44. The Kier molecular flexibility index (Phi) is 4.07. The van der Waals surface area contributed by atoms with Gasteiger partial charge in [-0.15, -0.1) is 0 Å². The highest BCUT2D eigenvalue weighted by molar-refractivity contribution is 5.48. The molecular formula is C17H23NO2. The first-order chi connectivity index (χ1) is 9.49. The van der Waals surface area contributed by atoms with Crippen molar-refractivity contribution in [3.8, 4) is 11.5 Å². The lowest BCUT2D eigenvalue weighted by Crippen LogP contribution is -2.21. The molecule has 3 nitrogen and oxygen atoms in total. The van der Waals surface area contributed by atoms with Gasteiger partial charge in [0.25, 0.3) is 0 Å². The molecule has 0 amide bonds. The molecule has 3 heteroatoms. The monoisotopic (exact) mass is 273 g/mol. The molecule has 0 spiro atoms. The summed E-state index contributed by atoms with van der Waals surface area (Å²) in [6, 6.07) is 6.14. The lowest BCUT2D eigenvalue weighted by Gasteiger charge is -2.32. The van der Waals surface area contributed by atoms with Gasteiger partial charge in [0.15, 0.2) is 11.5 Å². The lowest BCUT2D eigenvalue weighted by molar-refractivity contribution is 0.354. The molecule has 0 aliphatic carbocycles. The first-order valence-corrected chi connectivity index (χ1v) is 6.81. The van der Waals surface area contributed by atoms with E-state index in [2.05, 4.69) is 50.9 Å². The van der Waals surface area contributed by atoms with E-state index >= 15 is 0 Å². The molecule has 1 heterocycles. The smallest absolute Gasteiger partial charge is 0.161 e. The van der Waals surface area contributed by atoms with Crippen molar-refractivity contribution in [1.29, 1.82) is 0 Å². The molecule has 0 radical (unpaired) electrons. The van der Waals surface area contributed by atoms with Crippen LogP contribution < -0.4 is 9.47 Å². The molecule has 1 unspecified atom stereocenters. The predicted molar refractivity (Wildman–Crippen MR) is 82.2 cm³/mol. The van der Waals surface area contributed by atoms with Crippen molar-refractivity contribution in [2.45, 2.75) is 26.7 Å². The molecule has 0 saturated heterocycles. The molecule has 0 N–H and O–H groups in total. The molecule has 0 bridgehead atoms. The number of ether oxygens (including phenoxy) is 2. The number of methoxy groups -OCH3 is 2. The van der Waals surface area contributed by atoms with Crippen LogP contribution in [0.1, 0.15) is 32.3 Å². The Bertz CT molecular complexity index is 572. The van der Waals surface area contributed by atoms with Gasteiger partial charge >= 0.3 is 0 Å². The van der Waals surface area contributed by atoms with Crippen molar-refractivity contribution in [2.24, 2.45) is 0 Å². The number of allylic oxidation sites excluding steroid dienone is 4. The second-order valence-electron chi connectivity index (χ2n) is 5.23. The first-order valence-electron chi connectivity index (χ1n) is 6.81. The topological polar surface area (TPSA) is 21.7 Å². The summed E-state index contributed by atoms with van der Waals surface area (Å²) >= 11 is 0. The SMILES string of the molecule is COc1ccc(C2C=C(C)N(C)C(C)=C2C)cc1OC. The van der Waals surface area contributed by atoms with Crippen LogP contribution in [0.2, 0.25) is 0 Å². The van der Waals surface area contributed by atoms with Crippen molar-refractivity contribution >= 4 is 0 Å². The van der Waals surface area contributed by atoms with Crippen molar-refractivity contribution in [3.63, 3.8) is 0 Å². The van der Waals surface area contributed by atoms with E-state index < -0.39 is 0 Å². The number of nitrogens with zero attached hydrogens (tertiary/aromatic N) is 1. The second kappa shape index (κ2) is 5.61. The van der Waals surface area contributed by atoms with E-state index in [4.69, 9.17) is 9.47 Å². The Hall–Kier alpha value is -1.90. The highest BCUT2D eigenvalue weighted by Gasteiger charge is 2.22. The molecule has 1 aliphatic heterocycles. The van der Waals surface area contributed by atoms with E-state index in [0.717, 1.165) is 11.5 Å². The lowest BCUT2D eigenvalue weighted by atomic mass is 9.87. The minimum absolute atomic E-state index is 0.297. The molecule has 0 fully saturated rings. The molecular weight excluding hydrogens is 250 g/mol. The van der Waals surface area contributed by atoms with Gasteiger partial charge in [-0.3, -0.25) is 0 Å². The molecule has 1 atom stereocenters. The second-order valence-corrected chi connectivity index (χ2v) is 5.23. The van der Waals surface area contributed by atoms with Gasteiger partial charge in [0.1, 0.15) is 0 Å². The first kappa shape index (κ1) is 14.5. The normalized spacial score (nSPS) is 19.0. The van der Waals surface area contributed by atoms with Gasteiger partial charge < -0.3 is 14.4 Å². The van der Waals surface area contributed by atoms with Crippen molar-refractivity contribution in [3.05, 3.63) is 46.8 Å². The third-order valence-corrected chi connectivity index (χ3v) is 4.24. The average molecular weight is 273 g/mol. The third-order valence-electron chi connectivity index (χ3n) is 4.24. The maximum absolute atomic E-state index is 5.41. The van der Waals surface area contributed by atoms with Crippen molar-refractivity contribution < 1.29 is 9.47 Å². The van der Waals surface area contributed by atoms with E-state index in [9.17, 15) is 0 Å². The van der Waals surface area contributed by atoms with Gasteiger partial charge in [0.2, 0.25) is 0 Å². The molecule has 1 aliphatic rings. The van der Waals surface area contributed by atoms with Gasteiger partial charge in [-0.25, -0.2) is 0 Å². The molecule has 0 saturated carbocycles. The summed E-state index contributed by atoms with van der Waals surface area (Å²) in [4.78, 5) is 2.23. The molecule has 20 heavy (non-hydrogen) atoms. The maximum atomic E-state index is 5.41. The summed E-state index contributed by atoms with van der Waals surface area (Å²) in [6.45, 7) is 6.50. The van der Waals surface area contributed by atoms with Crippen LogP contribution in [-0.2, 0) is 0 Å². The van der Waals surface area contributed by atoms with Gasteiger partial charge in [-0.2, -0.15) is 0 Å². The molecule has 1 aromatic rings. The zero-order valence-corrected chi connectivity index (χ0v) is 13.2. The van der Waals surface area contributed by atoms with E-state index in [-0.39, 0.29) is 0 Å². The van der Waals surface area contributed by atoms with E-state index in [1.54, 1.807) is 14.2 Å². The van der Waals surface area contributed by atoms with E-state index in [1.165, 1.54) is 22.5 Å². The van der Waals surface area contributed by atoms with Gasteiger partial charge in [0, 0.05) is 24.4 Å².